The summed E-state index contributed by atoms with van der Waals surface area (Å²) in [6.45, 7) is 1.39. The lowest BCUT2D eigenvalue weighted by molar-refractivity contribution is -0.0436. The number of aromatic nitrogens is 3. The van der Waals surface area contributed by atoms with Crippen LogP contribution in [-0.2, 0) is 16.4 Å². The summed E-state index contributed by atoms with van der Waals surface area (Å²) < 4.78 is 68.8. The number of carbonyl (C=O) groups is 1. The van der Waals surface area contributed by atoms with Crippen LogP contribution in [0.15, 0.2) is 82.6 Å². The van der Waals surface area contributed by atoms with Crippen molar-refractivity contribution in [2.24, 2.45) is 0 Å². The number of para-hydroxylation sites is 1. The highest BCUT2D eigenvalue weighted by Crippen LogP contribution is 2.31. The molecule has 0 radical (unpaired) electrons. The van der Waals surface area contributed by atoms with Crippen LogP contribution in [0.3, 0.4) is 0 Å². The van der Waals surface area contributed by atoms with Gasteiger partial charge in [-0.3, -0.25) is 9.88 Å². The topological polar surface area (TPSA) is 133 Å². The van der Waals surface area contributed by atoms with Crippen molar-refractivity contribution in [1.29, 1.82) is 0 Å². The molecule has 0 bridgehead atoms. The minimum atomic E-state index is -5.57. The third-order valence-corrected chi connectivity index (χ3v) is 6.92. The molecule has 0 atom stereocenters. The van der Waals surface area contributed by atoms with E-state index in [2.05, 4.69) is 10.3 Å². The van der Waals surface area contributed by atoms with E-state index in [-0.39, 0.29) is 23.7 Å². The summed E-state index contributed by atoms with van der Waals surface area (Å²) in [4.78, 5) is 28.3. The van der Waals surface area contributed by atoms with Gasteiger partial charge in [0.15, 0.2) is 0 Å². The molecule has 1 amide bonds. The molecule has 4 rings (SSSR count). The predicted octanol–water partition coefficient (Wildman–Crippen LogP) is 4.00. The predicted molar refractivity (Wildman–Crippen MR) is 129 cm³/mol. The third kappa shape index (κ3) is 5.25. The molecule has 2 aromatic heterocycles. The monoisotopic (exact) mass is 548 g/mol. The summed E-state index contributed by atoms with van der Waals surface area (Å²) >= 11 is 0. The SMILES string of the molecule is Cc1c(O)n(-c2ccc(S(=O)(=O)C(F)(F)F)cc2)c(=O)n1Cc1ccnc(NC(=O)Oc2ccccc2)c1. The minimum Gasteiger partial charge on any atom is -0.493 e. The van der Waals surface area contributed by atoms with Gasteiger partial charge in [-0.1, -0.05) is 18.2 Å². The maximum absolute atomic E-state index is 13.1. The second kappa shape index (κ2) is 10.0. The third-order valence-electron chi connectivity index (χ3n) is 5.42. The summed E-state index contributed by atoms with van der Waals surface area (Å²) in [5.74, 6) is -0.0243. The number of nitrogens with zero attached hydrogens (tertiary/aromatic N) is 3. The number of nitrogens with one attached hydrogen (secondary N) is 1. The van der Waals surface area contributed by atoms with Gasteiger partial charge in [0.05, 0.1) is 22.8 Å². The van der Waals surface area contributed by atoms with Crippen LogP contribution in [0.4, 0.5) is 23.8 Å². The Morgan fingerprint density at radius 2 is 1.74 bits per heavy atom. The number of benzene rings is 2. The largest absolute Gasteiger partial charge is 0.501 e. The average Bonchev–Trinajstić information content (AvgIpc) is 3.07. The van der Waals surface area contributed by atoms with Gasteiger partial charge in [0.2, 0.25) is 5.88 Å². The van der Waals surface area contributed by atoms with Gasteiger partial charge >= 0.3 is 17.3 Å². The van der Waals surface area contributed by atoms with Crippen molar-refractivity contribution in [3.05, 3.63) is 94.7 Å². The van der Waals surface area contributed by atoms with E-state index in [0.29, 0.717) is 23.4 Å². The van der Waals surface area contributed by atoms with Crippen molar-refractivity contribution in [3.63, 3.8) is 0 Å². The quantitative estimate of drug-likeness (QED) is 0.372. The fourth-order valence-electron chi connectivity index (χ4n) is 3.51. The molecule has 4 aromatic rings. The lowest BCUT2D eigenvalue weighted by Gasteiger charge is -2.09. The zero-order valence-corrected chi connectivity index (χ0v) is 20.3. The summed E-state index contributed by atoms with van der Waals surface area (Å²) in [7, 11) is -5.57. The maximum atomic E-state index is 13.1. The number of ether oxygens (including phenoxy) is 1. The number of hydrogen-bond acceptors (Lipinski definition) is 7. The molecule has 0 saturated carbocycles. The first-order chi connectivity index (χ1) is 17.9. The van der Waals surface area contributed by atoms with Crippen LogP contribution in [0, 0.1) is 6.92 Å². The lowest BCUT2D eigenvalue weighted by atomic mass is 10.2. The Bertz CT molecular complexity index is 1650. The van der Waals surface area contributed by atoms with Crippen LogP contribution in [0.25, 0.3) is 5.69 Å². The Morgan fingerprint density at radius 1 is 1.08 bits per heavy atom. The van der Waals surface area contributed by atoms with Crippen molar-refractivity contribution in [2.45, 2.75) is 23.9 Å². The molecule has 2 heterocycles. The number of pyridine rings is 1. The Hall–Kier alpha value is -4.59. The number of carbonyl (C=O) groups excluding carboxylic acids is 1. The standard InChI is InChI=1S/C24H19F3N4O6S/c1-15-21(32)31(17-7-9-19(10-8-17)38(35,36)24(25,26)27)23(34)30(15)14-16-11-12-28-20(13-16)29-22(33)37-18-5-3-2-4-6-18/h2-13,32H,14H2,1H3,(H,28,29,33). The maximum Gasteiger partial charge on any atom is 0.501 e. The number of imidazole rings is 1. The van der Waals surface area contributed by atoms with Gasteiger partial charge in [-0.05, 0) is 61.0 Å². The van der Waals surface area contributed by atoms with Gasteiger partial charge in [-0.25, -0.2) is 27.6 Å². The first-order valence-electron chi connectivity index (χ1n) is 10.8. The molecule has 0 fully saturated rings. The highest BCUT2D eigenvalue weighted by Gasteiger charge is 2.46. The highest BCUT2D eigenvalue weighted by atomic mass is 32.2. The summed E-state index contributed by atoms with van der Waals surface area (Å²) in [5, 5.41) is 13.0. The smallest absolute Gasteiger partial charge is 0.493 e. The Balaban J connectivity index is 1.57. The molecule has 0 saturated heterocycles. The van der Waals surface area contributed by atoms with Gasteiger partial charge < -0.3 is 9.84 Å². The number of amides is 1. The van der Waals surface area contributed by atoms with E-state index in [4.69, 9.17) is 4.74 Å². The van der Waals surface area contributed by atoms with Crippen LogP contribution < -0.4 is 15.7 Å². The molecule has 38 heavy (non-hydrogen) atoms. The number of alkyl halides is 3. The molecule has 2 N–H and O–H groups in total. The molecule has 198 valence electrons. The van der Waals surface area contributed by atoms with Gasteiger partial charge in [-0.15, -0.1) is 0 Å². The zero-order valence-electron chi connectivity index (χ0n) is 19.5. The van der Waals surface area contributed by atoms with Gasteiger partial charge in [0.1, 0.15) is 11.6 Å². The lowest BCUT2D eigenvalue weighted by Crippen LogP contribution is -2.25. The van der Waals surface area contributed by atoms with E-state index < -0.39 is 37.9 Å². The molecular formula is C24H19F3N4O6S. The fourth-order valence-corrected chi connectivity index (χ4v) is 4.28. The van der Waals surface area contributed by atoms with Gasteiger partial charge in [0.25, 0.3) is 9.84 Å². The summed E-state index contributed by atoms with van der Waals surface area (Å²) in [5.41, 5.74) is -5.61. The van der Waals surface area contributed by atoms with Crippen LogP contribution in [-0.4, -0.2) is 39.2 Å². The molecule has 10 nitrogen and oxygen atoms in total. The first-order valence-corrected chi connectivity index (χ1v) is 12.3. The zero-order chi connectivity index (χ0) is 27.7. The second-order valence-electron chi connectivity index (χ2n) is 7.93. The summed E-state index contributed by atoms with van der Waals surface area (Å²) in [6, 6.07) is 14.8. The van der Waals surface area contributed by atoms with Gasteiger partial charge in [-0.2, -0.15) is 13.2 Å². The minimum absolute atomic E-state index is 0.0452. The van der Waals surface area contributed by atoms with Crippen LogP contribution in [0.5, 0.6) is 11.6 Å². The summed E-state index contributed by atoms with van der Waals surface area (Å²) in [6.07, 6.45) is 0.610. The number of rotatable bonds is 6. The molecular weight excluding hydrogens is 529 g/mol. The van der Waals surface area contributed by atoms with Crippen LogP contribution in [0.2, 0.25) is 0 Å². The van der Waals surface area contributed by atoms with E-state index in [9.17, 15) is 36.3 Å². The number of halogens is 3. The molecule has 2 aromatic carbocycles. The number of sulfone groups is 1. The number of anilines is 1. The molecule has 0 aliphatic heterocycles. The van der Waals surface area contributed by atoms with Gasteiger partial charge in [0, 0.05) is 6.20 Å². The Morgan fingerprint density at radius 3 is 2.37 bits per heavy atom. The first kappa shape index (κ1) is 26.5. The van der Waals surface area contributed by atoms with Crippen molar-refractivity contribution in [3.8, 4) is 17.3 Å². The Labute approximate surface area is 213 Å². The van der Waals surface area contributed by atoms with E-state index in [1.54, 1.807) is 36.4 Å². The molecule has 0 aliphatic carbocycles. The molecule has 0 unspecified atom stereocenters. The normalized spacial score (nSPS) is 11.8. The second-order valence-corrected chi connectivity index (χ2v) is 9.87. The van der Waals surface area contributed by atoms with E-state index >= 15 is 0 Å². The molecule has 0 aliphatic rings. The van der Waals surface area contributed by atoms with Crippen LogP contribution >= 0.6 is 0 Å². The van der Waals surface area contributed by atoms with Crippen molar-refractivity contribution >= 4 is 21.7 Å². The highest BCUT2D eigenvalue weighted by molar-refractivity contribution is 7.92. The Kier molecular flexibility index (Phi) is 7.00. The van der Waals surface area contributed by atoms with Crippen molar-refractivity contribution in [2.75, 3.05) is 5.32 Å². The van der Waals surface area contributed by atoms with Crippen molar-refractivity contribution in [1.82, 2.24) is 14.1 Å². The van der Waals surface area contributed by atoms with Crippen LogP contribution in [0.1, 0.15) is 11.3 Å². The average molecular weight is 548 g/mol. The van der Waals surface area contributed by atoms with E-state index in [0.717, 1.165) is 16.7 Å². The molecule has 0 spiro atoms. The fraction of sp³-hybridized carbons (Fsp3) is 0.125. The number of hydrogen-bond donors (Lipinski definition) is 2. The van der Waals surface area contributed by atoms with Crippen molar-refractivity contribution < 1.29 is 36.2 Å². The number of aromatic hydroxyl groups is 1. The molecule has 14 heteroatoms. The van der Waals surface area contributed by atoms with E-state index in [1.165, 1.54) is 23.8 Å². The van der Waals surface area contributed by atoms with E-state index in [1.807, 2.05) is 0 Å².